The molecule has 108 valence electrons. The third-order valence-electron chi connectivity index (χ3n) is 3.80. The van der Waals surface area contributed by atoms with Crippen LogP contribution in [-0.2, 0) is 6.54 Å². The zero-order chi connectivity index (χ0) is 15.1. The number of fused-ring (bicyclic) bond motifs is 2. The SMILES string of the molecule is Cc1cccn2cc(Cn3ccc4ncccc4c3=O)nc12. The van der Waals surface area contributed by atoms with E-state index in [2.05, 4.69) is 9.97 Å². The lowest BCUT2D eigenvalue weighted by molar-refractivity contribution is 0.751. The molecule has 5 nitrogen and oxygen atoms in total. The standard InChI is InChI=1S/C17H14N4O/c1-12-4-3-8-20-10-13(19-16(12)20)11-21-9-6-15-14(17(21)22)5-2-7-18-15/h2-10H,11H2,1H3. The second kappa shape index (κ2) is 4.80. The second-order valence-corrected chi connectivity index (χ2v) is 5.34. The Kier molecular flexibility index (Phi) is 2.79. The Labute approximate surface area is 126 Å². The van der Waals surface area contributed by atoms with Crippen molar-refractivity contribution in [3.8, 4) is 0 Å². The first kappa shape index (κ1) is 12.8. The number of aromatic nitrogens is 4. The highest BCUT2D eigenvalue weighted by molar-refractivity contribution is 5.76. The van der Waals surface area contributed by atoms with Crippen LogP contribution >= 0.6 is 0 Å². The molecule has 22 heavy (non-hydrogen) atoms. The number of imidazole rings is 1. The molecule has 0 spiro atoms. The monoisotopic (exact) mass is 290 g/mol. The lowest BCUT2D eigenvalue weighted by atomic mass is 10.2. The zero-order valence-corrected chi connectivity index (χ0v) is 12.1. The highest BCUT2D eigenvalue weighted by Gasteiger charge is 2.07. The van der Waals surface area contributed by atoms with Gasteiger partial charge in [-0.05, 0) is 36.8 Å². The molecule has 0 bridgehead atoms. The number of aryl methyl sites for hydroxylation is 1. The van der Waals surface area contributed by atoms with Gasteiger partial charge in [0.05, 0.1) is 23.1 Å². The van der Waals surface area contributed by atoms with Gasteiger partial charge in [0.2, 0.25) is 0 Å². The summed E-state index contributed by atoms with van der Waals surface area (Å²) in [6.07, 6.45) is 7.39. The van der Waals surface area contributed by atoms with Gasteiger partial charge >= 0.3 is 0 Å². The van der Waals surface area contributed by atoms with Crippen molar-refractivity contribution in [2.24, 2.45) is 0 Å². The van der Waals surface area contributed by atoms with Gasteiger partial charge in [0.25, 0.3) is 5.56 Å². The number of nitrogens with zero attached hydrogens (tertiary/aromatic N) is 4. The molecule has 0 aromatic carbocycles. The summed E-state index contributed by atoms with van der Waals surface area (Å²) in [6, 6.07) is 9.46. The first-order valence-corrected chi connectivity index (χ1v) is 7.10. The molecule has 0 N–H and O–H groups in total. The first-order valence-electron chi connectivity index (χ1n) is 7.10. The number of pyridine rings is 3. The summed E-state index contributed by atoms with van der Waals surface area (Å²) in [4.78, 5) is 21.3. The third-order valence-corrected chi connectivity index (χ3v) is 3.80. The fraction of sp³-hybridized carbons (Fsp3) is 0.118. The summed E-state index contributed by atoms with van der Waals surface area (Å²) in [5, 5.41) is 0.630. The molecule has 0 saturated heterocycles. The maximum atomic E-state index is 12.5. The summed E-state index contributed by atoms with van der Waals surface area (Å²) < 4.78 is 3.65. The van der Waals surface area contributed by atoms with Crippen LogP contribution in [0.5, 0.6) is 0 Å². The van der Waals surface area contributed by atoms with Crippen LogP contribution in [0.25, 0.3) is 16.6 Å². The molecule has 4 aromatic rings. The molecule has 4 aromatic heterocycles. The lowest BCUT2D eigenvalue weighted by Gasteiger charge is -2.04. The summed E-state index contributed by atoms with van der Waals surface area (Å²) in [7, 11) is 0. The molecule has 0 fully saturated rings. The molecule has 0 aliphatic heterocycles. The van der Waals surface area contributed by atoms with Crippen molar-refractivity contribution in [2.75, 3.05) is 0 Å². The third kappa shape index (κ3) is 1.98. The van der Waals surface area contributed by atoms with E-state index in [0.717, 1.165) is 22.4 Å². The topological polar surface area (TPSA) is 52.2 Å². The Balaban J connectivity index is 1.81. The second-order valence-electron chi connectivity index (χ2n) is 5.34. The number of hydrogen-bond acceptors (Lipinski definition) is 3. The first-order chi connectivity index (χ1) is 10.7. The maximum absolute atomic E-state index is 12.5. The van der Waals surface area contributed by atoms with Gasteiger partial charge in [-0.3, -0.25) is 9.78 Å². The van der Waals surface area contributed by atoms with E-state index in [4.69, 9.17) is 0 Å². The van der Waals surface area contributed by atoms with Crippen molar-refractivity contribution in [3.05, 3.63) is 76.7 Å². The van der Waals surface area contributed by atoms with Gasteiger partial charge in [0, 0.05) is 24.8 Å². The van der Waals surface area contributed by atoms with Gasteiger partial charge in [-0.2, -0.15) is 0 Å². The molecule has 4 heterocycles. The van der Waals surface area contributed by atoms with Crippen molar-refractivity contribution in [3.63, 3.8) is 0 Å². The van der Waals surface area contributed by atoms with E-state index in [-0.39, 0.29) is 5.56 Å². The minimum atomic E-state index is -0.0422. The minimum absolute atomic E-state index is 0.0422. The highest BCUT2D eigenvalue weighted by Crippen LogP contribution is 2.11. The van der Waals surface area contributed by atoms with Gasteiger partial charge in [0.15, 0.2) is 0 Å². The van der Waals surface area contributed by atoms with Gasteiger partial charge in [-0.1, -0.05) is 6.07 Å². The molecular formula is C17H14N4O. The predicted octanol–water partition coefficient (Wildman–Crippen LogP) is 2.40. The van der Waals surface area contributed by atoms with Crippen LogP contribution in [0.1, 0.15) is 11.3 Å². The quantitative estimate of drug-likeness (QED) is 0.569. The van der Waals surface area contributed by atoms with Crippen molar-refractivity contribution in [2.45, 2.75) is 13.5 Å². The van der Waals surface area contributed by atoms with Gasteiger partial charge < -0.3 is 8.97 Å². The van der Waals surface area contributed by atoms with E-state index < -0.39 is 0 Å². The summed E-state index contributed by atoms with van der Waals surface area (Å²) in [5.41, 5.74) is 3.57. The minimum Gasteiger partial charge on any atom is -0.309 e. The average Bonchev–Trinajstić information content (AvgIpc) is 2.95. The summed E-state index contributed by atoms with van der Waals surface area (Å²) in [5.74, 6) is 0. The molecule has 0 radical (unpaired) electrons. The number of rotatable bonds is 2. The largest absolute Gasteiger partial charge is 0.309 e. The van der Waals surface area contributed by atoms with E-state index in [1.807, 2.05) is 41.9 Å². The smallest absolute Gasteiger partial charge is 0.260 e. The molecule has 0 unspecified atom stereocenters. The average molecular weight is 290 g/mol. The molecule has 0 atom stereocenters. The Bertz CT molecular complexity index is 1050. The van der Waals surface area contributed by atoms with Gasteiger partial charge in [0.1, 0.15) is 5.65 Å². The number of hydrogen-bond donors (Lipinski definition) is 0. The Morgan fingerprint density at radius 1 is 1.14 bits per heavy atom. The predicted molar refractivity (Wildman–Crippen MR) is 85.0 cm³/mol. The van der Waals surface area contributed by atoms with Crippen molar-refractivity contribution >= 4 is 16.6 Å². The molecule has 0 amide bonds. The van der Waals surface area contributed by atoms with E-state index >= 15 is 0 Å². The Hall–Kier alpha value is -2.95. The normalized spacial score (nSPS) is 11.3. The van der Waals surface area contributed by atoms with Crippen LogP contribution in [0.15, 0.2) is 59.9 Å². The Morgan fingerprint density at radius 3 is 2.91 bits per heavy atom. The van der Waals surface area contributed by atoms with Crippen LogP contribution in [0.2, 0.25) is 0 Å². The highest BCUT2D eigenvalue weighted by atomic mass is 16.1. The van der Waals surface area contributed by atoms with Crippen LogP contribution in [0, 0.1) is 6.92 Å². The Morgan fingerprint density at radius 2 is 2.05 bits per heavy atom. The van der Waals surface area contributed by atoms with E-state index in [0.29, 0.717) is 11.9 Å². The molecule has 4 rings (SSSR count). The van der Waals surface area contributed by atoms with Crippen LogP contribution in [0.4, 0.5) is 0 Å². The molecule has 0 aliphatic carbocycles. The van der Waals surface area contributed by atoms with E-state index in [1.165, 1.54) is 0 Å². The summed E-state index contributed by atoms with van der Waals surface area (Å²) >= 11 is 0. The molecule has 0 saturated carbocycles. The van der Waals surface area contributed by atoms with E-state index in [1.54, 1.807) is 29.1 Å². The summed E-state index contributed by atoms with van der Waals surface area (Å²) in [6.45, 7) is 2.48. The van der Waals surface area contributed by atoms with Crippen molar-refractivity contribution in [1.29, 1.82) is 0 Å². The molecule has 5 heteroatoms. The zero-order valence-electron chi connectivity index (χ0n) is 12.1. The lowest BCUT2D eigenvalue weighted by Crippen LogP contribution is -2.20. The van der Waals surface area contributed by atoms with Crippen LogP contribution < -0.4 is 5.56 Å². The van der Waals surface area contributed by atoms with Crippen molar-refractivity contribution < 1.29 is 0 Å². The van der Waals surface area contributed by atoms with E-state index in [9.17, 15) is 4.79 Å². The fourth-order valence-electron chi connectivity index (χ4n) is 2.69. The maximum Gasteiger partial charge on any atom is 0.260 e. The van der Waals surface area contributed by atoms with Gasteiger partial charge in [-0.25, -0.2) is 4.98 Å². The fourth-order valence-corrected chi connectivity index (χ4v) is 2.69. The van der Waals surface area contributed by atoms with Crippen LogP contribution in [-0.4, -0.2) is 18.9 Å². The van der Waals surface area contributed by atoms with Gasteiger partial charge in [-0.15, -0.1) is 0 Å². The van der Waals surface area contributed by atoms with Crippen LogP contribution in [0.3, 0.4) is 0 Å². The van der Waals surface area contributed by atoms with Crippen molar-refractivity contribution in [1.82, 2.24) is 18.9 Å². The molecular weight excluding hydrogens is 276 g/mol. The molecule has 0 aliphatic rings.